The summed E-state index contributed by atoms with van der Waals surface area (Å²) in [5, 5.41) is 9.58. The van der Waals surface area contributed by atoms with E-state index in [1.807, 2.05) is 38.1 Å². The van der Waals surface area contributed by atoms with Gasteiger partial charge in [0.2, 0.25) is 0 Å². The first kappa shape index (κ1) is 19.1. The molecule has 0 aliphatic carbocycles. The van der Waals surface area contributed by atoms with E-state index in [2.05, 4.69) is 6.07 Å². The van der Waals surface area contributed by atoms with E-state index in [9.17, 15) is 14.9 Å². The molecule has 0 unspecified atom stereocenters. The highest BCUT2D eigenvalue weighted by molar-refractivity contribution is 7.07. The van der Waals surface area contributed by atoms with Crippen molar-refractivity contribution >= 4 is 28.9 Å². The SMILES string of the molecule is Cc1ccc(/C=c2/s/c(=C(/C#N)C(=O)N3CCOCC3)n(C)c2=O)c(C)c1. The van der Waals surface area contributed by atoms with Gasteiger partial charge in [0.1, 0.15) is 10.7 Å². The van der Waals surface area contributed by atoms with Gasteiger partial charge in [-0.3, -0.25) is 9.59 Å². The molecule has 1 aliphatic rings. The number of aryl methyl sites for hydroxylation is 2. The summed E-state index contributed by atoms with van der Waals surface area (Å²) in [6, 6.07) is 8.02. The lowest BCUT2D eigenvalue weighted by Gasteiger charge is -2.26. The van der Waals surface area contributed by atoms with Crippen LogP contribution in [-0.4, -0.2) is 41.7 Å². The second kappa shape index (κ2) is 7.91. The van der Waals surface area contributed by atoms with Gasteiger partial charge in [0.25, 0.3) is 11.5 Å². The third kappa shape index (κ3) is 3.87. The summed E-state index contributed by atoms with van der Waals surface area (Å²) >= 11 is 1.18. The van der Waals surface area contributed by atoms with Gasteiger partial charge in [0.05, 0.1) is 17.7 Å². The zero-order valence-electron chi connectivity index (χ0n) is 15.6. The number of carbonyl (C=O) groups excluding carboxylic acids is 1. The van der Waals surface area contributed by atoms with Crippen molar-refractivity contribution in [3.63, 3.8) is 0 Å². The van der Waals surface area contributed by atoms with E-state index in [0.717, 1.165) is 16.7 Å². The van der Waals surface area contributed by atoms with Crippen LogP contribution in [0.25, 0.3) is 11.6 Å². The van der Waals surface area contributed by atoms with Crippen LogP contribution in [-0.2, 0) is 16.6 Å². The minimum Gasteiger partial charge on any atom is -0.378 e. The number of amides is 1. The number of ether oxygens (including phenoxy) is 1. The average Bonchev–Trinajstić information content (AvgIpc) is 2.94. The molecule has 0 spiro atoms. The molecule has 2 aromatic rings. The molecule has 0 saturated carbocycles. The first-order valence-corrected chi connectivity index (χ1v) is 9.50. The van der Waals surface area contributed by atoms with Crippen molar-refractivity contribution < 1.29 is 9.53 Å². The van der Waals surface area contributed by atoms with Crippen molar-refractivity contribution in [1.82, 2.24) is 9.47 Å². The maximum absolute atomic E-state index is 12.7. The van der Waals surface area contributed by atoms with Gasteiger partial charge in [-0.2, -0.15) is 5.26 Å². The zero-order valence-corrected chi connectivity index (χ0v) is 16.4. The van der Waals surface area contributed by atoms with Gasteiger partial charge in [-0.05, 0) is 31.1 Å². The first-order chi connectivity index (χ1) is 12.9. The molecule has 0 atom stereocenters. The number of benzene rings is 1. The van der Waals surface area contributed by atoms with Crippen LogP contribution in [0.1, 0.15) is 16.7 Å². The number of aromatic nitrogens is 1. The van der Waals surface area contributed by atoms with Crippen molar-refractivity contribution in [2.75, 3.05) is 26.3 Å². The molecule has 140 valence electrons. The van der Waals surface area contributed by atoms with Gasteiger partial charge in [0, 0.05) is 20.1 Å². The largest absolute Gasteiger partial charge is 0.378 e. The molecule has 2 heterocycles. The van der Waals surface area contributed by atoms with Crippen LogP contribution >= 0.6 is 11.3 Å². The lowest BCUT2D eigenvalue weighted by atomic mass is 10.1. The summed E-state index contributed by atoms with van der Waals surface area (Å²) in [5.74, 6) is -0.351. The van der Waals surface area contributed by atoms with Crippen LogP contribution in [0.2, 0.25) is 0 Å². The third-order valence-electron chi connectivity index (χ3n) is 4.58. The van der Waals surface area contributed by atoms with Gasteiger partial charge < -0.3 is 14.2 Å². The monoisotopic (exact) mass is 383 g/mol. The molecule has 1 amide bonds. The number of thiazole rings is 1. The first-order valence-electron chi connectivity index (χ1n) is 8.68. The summed E-state index contributed by atoms with van der Waals surface area (Å²) in [5.41, 5.74) is 2.96. The van der Waals surface area contributed by atoms with Crippen LogP contribution in [0.3, 0.4) is 0 Å². The molecule has 1 aromatic carbocycles. The number of carbonyl (C=O) groups is 1. The van der Waals surface area contributed by atoms with Crippen molar-refractivity contribution in [3.05, 3.63) is 54.4 Å². The van der Waals surface area contributed by atoms with Crippen LogP contribution in [0.15, 0.2) is 23.0 Å². The van der Waals surface area contributed by atoms with Gasteiger partial charge in [-0.25, -0.2) is 0 Å². The molecule has 27 heavy (non-hydrogen) atoms. The van der Waals surface area contributed by atoms with Crippen LogP contribution in [0, 0.1) is 25.2 Å². The molecule has 0 radical (unpaired) electrons. The van der Waals surface area contributed by atoms with E-state index >= 15 is 0 Å². The van der Waals surface area contributed by atoms with Crippen molar-refractivity contribution in [1.29, 1.82) is 5.26 Å². The van der Waals surface area contributed by atoms with Crippen LogP contribution < -0.4 is 14.8 Å². The highest BCUT2D eigenvalue weighted by atomic mass is 32.1. The minimum absolute atomic E-state index is 0.00165. The fourth-order valence-electron chi connectivity index (χ4n) is 3.02. The number of nitrogens with zero attached hydrogens (tertiary/aromatic N) is 3. The predicted molar refractivity (Wildman–Crippen MR) is 105 cm³/mol. The maximum Gasteiger partial charge on any atom is 0.268 e. The summed E-state index contributed by atoms with van der Waals surface area (Å²) in [6.07, 6.45) is 1.82. The Balaban J connectivity index is 2.14. The molecule has 1 saturated heterocycles. The Kier molecular flexibility index (Phi) is 5.59. The van der Waals surface area contributed by atoms with E-state index in [1.54, 1.807) is 11.9 Å². The van der Waals surface area contributed by atoms with Crippen LogP contribution in [0.5, 0.6) is 0 Å². The van der Waals surface area contributed by atoms with Gasteiger partial charge >= 0.3 is 0 Å². The Labute approximate surface area is 161 Å². The molecule has 7 heteroatoms. The molecule has 1 fully saturated rings. The number of hydrogen-bond acceptors (Lipinski definition) is 5. The number of nitriles is 1. The summed E-state index contributed by atoms with van der Waals surface area (Å²) < 4.78 is 7.53. The summed E-state index contributed by atoms with van der Waals surface area (Å²) in [4.78, 5) is 27.0. The molecular formula is C20H21N3O3S. The smallest absolute Gasteiger partial charge is 0.268 e. The molecule has 0 N–H and O–H groups in total. The quantitative estimate of drug-likeness (QED) is 0.754. The molecule has 1 aromatic heterocycles. The topological polar surface area (TPSA) is 75.3 Å². The lowest BCUT2D eigenvalue weighted by Crippen LogP contribution is -2.42. The zero-order chi connectivity index (χ0) is 19.6. The number of morpholine rings is 1. The Morgan fingerprint density at radius 3 is 2.63 bits per heavy atom. The van der Waals surface area contributed by atoms with Crippen molar-refractivity contribution in [2.24, 2.45) is 7.05 Å². The molecule has 0 bridgehead atoms. The lowest BCUT2D eigenvalue weighted by molar-refractivity contribution is -0.128. The average molecular weight is 383 g/mol. The molecule has 3 rings (SSSR count). The Hall–Kier alpha value is -2.69. The minimum atomic E-state index is -0.351. The van der Waals surface area contributed by atoms with E-state index < -0.39 is 0 Å². The Morgan fingerprint density at radius 2 is 2.00 bits per heavy atom. The second-order valence-electron chi connectivity index (χ2n) is 6.53. The molecule has 6 nitrogen and oxygen atoms in total. The number of rotatable bonds is 2. The highest BCUT2D eigenvalue weighted by Crippen LogP contribution is 2.11. The molecular weight excluding hydrogens is 362 g/mol. The normalized spacial score (nSPS) is 16.2. The van der Waals surface area contributed by atoms with Crippen molar-refractivity contribution in [2.45, 2.75) is 13.8 Å². The van der Waals surface area contributed by atoms with Crippen LogP contribution in [0.4, 0.5) is 0 Å². The Morgan fingerprint density at radius 1 is 1.30 bits per heavy atom. The van der Waals surface area contributed by atoms with Crippen molar-refractivity contribution in [3.8, 4) is 6.07 Å². The van der Waals surface area contributed by atoms with E-state index in [-0.39, 0.29) is 17.0 Å². The fourth-order valence-corrected chi connectivity index (χ4v) is 4.10. The van der Waals surface area contributed by atoms with Gasteiger partial charge in [-0.15, -0.1) is 11.3 Å². The summed E-state index contributed by atoms with van der Waals surface area (Å²) in [7, 11) is 1.59. The second-order valence-corrected chi connectivity index (χ2v) is 7.56. The Bertz CT molecular complexity index is 1100. The summed E-state index contributed by atoms with van der Waals surface area (Å²) in [6.45, 7) is 5.83. The van der Waals surface area contributed by atoms with E-state index in [1.165, 1.54) is 15.9 Å². The van der Waals surface area contributed by atoms with E-state index in [4.69, 9.17) is 4.74 Å². The number of hydrogen-bond donors (Lipinski definition) is 0. The maximum atomic E-state index is 12.7. The molecule has 1 aliphatic heterocycles. The fraction of sp³-hybridized carbons (Fsp3) is 0.350. The van der Waals surface area contributed by atoms with Gasteiger partial charge in [0.15, 0.2) is 5.57 Å². The highest BCUT2D eigenvalue weighted by Gasteiger charge is 2.22. The predicted octanol–water partition coefficient (Wildman–Crippen LogP) is 0.426. The standard InChI is InChI=1S/C20H21N3O3S/c1-13-4-5-15(14(2)10-13)11-17-19(25)22(3)20(27-17)16(12-21)18(24)23-6-8-26-9-7-23/h4-5,10-11H,6-9H2,1-3H3/b17-11+,20-16-. The van der Waals surface area contributed by atoms with E-state index in [0.29, 0.717) is 35.5 Å². The third-order valence-corrected chi connectivity index (χ3v) is 5.76. The van der Waals surface area contributed by atoms with Gasteiger partial charge in [-0.1, -0.05) is 23.8 Å².